The zero-order valence-electron chi connectivity index (χ0n) is 14.9. The van der Waals surface area contributed by atoms with E-state index < -0.39 is 0 Å². The first-order valence-corrected chi connectivity index (χ1v) is 8.88. The Morgan fingerprint density at radius 1 is 1.11 bits per heavy atom. The molecule has 0 saturated heterocycles. The van der Waals surface area contributed by atoms with Gasteiger partial charge in [0.1, 0.15) is 5.75 Å². The van der Waals surface area contributed by atoms with E-state index in [1.807, 2.05) is 61.5 Å². The fourth-order valence-corrected chi connectivity index (χ4v) is 3.36. The van der Waals surface area contributed by atoms with Crippen molar-refractivity contribution in [3.63, 3.8) is 0 Å². The van der Waals surface area contributed by atoms with Gasteiger partial charge in [-0.15, -0.1) is 0 Å². The smallest absolute Gasteiger partial charge is 0.258 e. The molecule has 0 saturated carbocycles. The summed E-state index contributed by atoms with van der Waals surface area (Å²) in [7, 11) is 1.64. The number of benzene rings is 2. The van der Waals surface area contributed by atoms with Crippen LogP contribution >= 0.6 is 12.2 Å². The molecular weight excluding hydrogens is 360 g/mol. The number of methoxy groups -OCH3 is 1. The van der Waals surface area contributed by atoms with E-state index in [1.165, 1.54) is 0 Å². The minimum absolute atomic E-state index is 0.224. The van der Waals surface area contributed by atoms with Gasteiger partial charge in [0.25, 0.3) is 5.89 Å². The lowest BCUT2D eigenvalue weighted by Gasteiger charge is -2.29. The second kappa shape index (κ2) is 7.20. The molecule has 2 aromatic carbocycles. The molecule has 0 fully saturated rings. The maximum Gasteiger partial charge on any atom is 0.258 e. The van der Waals surface area contributed by atoms with E-state index in [2.05, 4.69) is 20.8 Å². The highest BCUT2D eigenvalue weighted by atomic mass is 32.1. The van der Waals surface area contributed by atoms with Crippen LogP contribution in [0.3, 0.4) is 0 Å². The minimum atomic E-state index is -0.224. The van der Waals surface area contributed by atoms with Gasteiger partial charge in [-0.05, 0) is 36.8 Å². The summed E-state index contributed by atoms with van der Waals surface area (Å²) in [6, 6.07) is 17.3. The number of ether oxygens (including phenoxy) is 1. The quantitative estimate of drug-likeness (QED) is 0.671. The molecule has 2 heterocycles. The Balaban J connectivity index is 1.77. The largest absolute Gasteiger partial charge is 0.497 e. The van der Waals surface area contributed by atoms with Crippen molar-refractivity contribution < 1.29 is 9.26 Å². The van der Waals surface area contributed by atoms with Crippen LogP contribution in [0, 0.1) is 0 Å². The summed E-state index contributed by atoms with van der Waals surface area (Å²) < 4.78 is 11.0. The number of aromatic nitrogens is 2. The number of thiocarbonyl (C=S) groups is 1. The highest BCUT2D eigenvalue weighted by molar-refractivity contribution is 7.80. The van der Waals surface area contributed by atoms with Crippen molar-refractivity contribution >= 4 is 22.9 Å². The summed E-state index contributed by atoms with van der Waals surface area (Å²) in [5, 5.41) is 11.1. The highest BCUT2D eigenvalue weighted by Gasteiger charge is 2.30. The fraction of sp³-hybridized carbons (Fsp3) is 0.150. The standard InChI is InChI=1S/C20H18N4O2S/c1-12-16(19-23-18(24-26-19)13-7-4-3-5-8-13)17(22-20(27)21-12)14-9-6-10-15(11-14)25-2/h3-11,17H,1-2H3,(H2,21,22,27)/t17-/m0/s1. The van der Waals surface area contributed by atoms with E-state index in [4.69, 9.17) is 21.5 Å². The molecule has 0 unspecified atom stereocenters. The van der Waals surface area contributed by atoms with Crippen molar-refractivity contribution in [2.45, 2.75) is 13.0 Å². The number of hydrogen-bond acceptors (Lipinski definition) is 5. The molecule has 0 aliphatic carbocycles. The molecule has 27 heavy (non-hydrogen) atoms. The molecule has 0 amide bonds. The highest BCUT2D eigenvalue weighted by Crippen LogP contribution is 2.35. The predicted octanol–water partition coefficient (Wildman–Crippen LogP) is 3.70. The molecule has 7 heteroatoms. The lowest BCUT2D eigenvalue weighted by molar-refractivity contribution is 0.403. The molecule has 0 bridgehead atoms. The first-order valence-electron chi connectivity index (χ1n) is 8.47. The summed E-state index contributed by atoms with van der Waals surface area (Å²) in [6.07, 6.45) is 0. The molecule has 0 spiro atoms. The van der Waals surface area contributed by atoms with E-state index in [-0.39, 0.29) is 6.04 Å². The Morgan fingerprint density at radius 2 is 1.93 bits per heavy atom. The van der Waals surface area contributed by atoms with Gasteiger partial charge in [-0.2, -0.15) is 4.98 Å². The van der Waals surface area contributed by atoms with Gasteiger partial charge in [0.15, 0.2) is 5.11 Å². The monoisotopic (exact) mass is 378 g/mol. The van der Waals surface area contributed by atoms with Crippen molar-refractivity contribution in [2.24, 2.45) is 0 Å². The van der Waals surface area contributed by atoms with Crippen molar-refractivity contribution in [3.05, 3.63) is 71.7 Å². The molecule has 1 aliphatic rings. The Labute approximate surface area is 162 Å². The molecule has 3 aromatic rings. The van der Waals surface area contributed by atoms with Crippen LogP contribution in [0.25, 0.3) is 17.0 Å². The van der Waals surface area contributed by atoms with Crippen LogP contribution in [0.4, 0.5) is 0 Å². The second-order valence-corrected chi connectivity index (χ2v) is 6.54. The van der Waals surface area contributed by atoms with Crippen LogP contribution in [-0.2, 0) is 0 Å². The normalized spacial score (nSPS) is 16.7. The van der Waals surface area contributed by atoms with Gasteiger partial charge in [0.05, 0.1) is 18.7 Å². The van der Waals surface area contributed by atoms with Gasteiger partial charge in [-0.1, -0.05) is 47.6 Å². The van der Waals surface area contributed by atoms with Gasteiger partial charge in [-0.25, -0.2) is 0 Å². The maximum absolute atomic E-state index is 5.60. The van der Waals surface area contributed by atoms with Gasteiger partial charge >= 0.3 is 0 Å². The van der Waals surface area contributed by atoms with Gasteiger partial charge < -0.3 is 19.9 Å². The molecule has 4 rings (SSSR count). The summed E-state index contributed by atoms with van der Waals surface area (Å²) in [6.45, 7) is 1.95. The van der Waals surface area contributed by atoms with Gasteiger partial charge in [0, 0.05) is 11.3 Å². The average Bonchev–Trinajstić information content (AvgIpc) is 3.18. The van der Waals surface area contributed by atoms with E-state index in [0.717, 1.165) is 28.1 Å². The fourth-order valence-electron chi connectivity index (χ4n) is 3.09. The number of rotatable bonds is 4. The SMILES string of the molecule is COc1cccc([C@@H]2NC(=S)NC(C)=C2c2nc(-c3ccccc3)no2)c1. The first kappa shape index (κ1) is 17.2. The number of nitrogens with zero attached hydrogens (tertiary/aromatic N) is 2. The van der Waals surface area contributed by atoms with Crippen LogP contribution in [0.2, 0.25) is 0 Å². The van der Waals surface area contributed by atoms with Crippen LogP contribution in [0.5, 0.6) is 5.75 Å². The summed E-state index contributed by atoms with van der Waals surface area (Å²) in [5.41, 5.74) is 3.62. The molecule has 1 aliphatic heterocycles. The topological polar surface area (TPSA) is 72.2 Å². The van der Waals surface area contributed by atoms with E-state index in [0.29, 0.717) is 16.8 Å². The van der Waals surface area contributed by atoms with E-state index >= 15 is 0 Å². The summed E-state index contributed by atoms with van der Waals surface area (Å²) >= 11 is 5.35. The van der Waals surface area contributed by atoms with Crippen molar-refractivity contribution in [1.82, 2.24) is 20.8 Å². The Kier molecular flexibility index (Phi) is 4.60. The van der Waals surface area contributed by atoms with Crippen LogP contribution in [0.15, 0.2) is 64.8 Å². The molecule has 1 atom stereocenters. The average molecular weight is 378 g/mol. The molecule has 136 valence electrons. The zero-order valence-corrected chi connectivity index (χ0v) is 15.7. The zero-order chi connectivity index (χ0) is 18.8. The lowest BCUT2D eigenvalue weighted by Crippen LogP contribution is -2.42. The third kappa shape index (κ3) is 3.41. The van der Waals surface area contributed by atoms with E-state index in [9.17, 15) is 0 Å². The molecule has 2 N–H and O–H groups in total. The first-order chi connectivity index (χ1) is 13.2. The molecule has 0 radical (unpaired) electrons. The molecule has 6 nitrogen and oxygen atoms in total. The summed E-state index contributed by atoms with van der Waals surface area (Å²) in [5.74, 6) is 1.76. The number of hydrogen-bond donors (Lipinski definition) is 2. The Morgan fingerprint density at radius 3 is 2.70 bits per heavy atom. The van der Waals surface area contributed by atoms with Gasteiger partial charge in [-0.3, -0.25) is 0 Å². The summed E-state index contributed by atoms with van der Waals surface area (Å²) in [4.78, 5) is 4.61. The Bertz CT molecular complexity index is 1010. The van der Waals surface area contributed by atoms with Gasteiger partial charge in [0.2, 0.25) is 5.82 Å². The minimum Gasteiger partial charge on any atom is -0.497 e. The number of nitrogens with one attached hydrogen (secondary N) is 2. The maximum atomic E-state index is 5.60. The van der Waals surface area contributed by atoms with Crippen molar-refractivity contribution in [3.8, 4) is 17.1 Å². The predicted molar refractivity (Wildman–Crippen MR) is 107 cm³/mol. The van der Waals surface area contributed by atoms with E-state index in [1.54, 1.807) is 7.11 Å². The van der Waals surface area contributed by atoms with Crippen LogP contribution in [-0.4, -0.2) is 22.4 Å². The van der Waals surface area contributed by atoms with Crippen LogP contribution < -0.4 is 15.4 Å². The third-order valence-corrected chi connectivity index (χ3v) is 4.60. The second-order valence-electron chi connectivity index (χ2n) is 6.14. The van der Waals surface area contributed by atoms with Crippen molar-refractivity contribution in [2.75, 3.05) is 7.11 Å². The molecular formula is C20H18N4O2S. The molecule has 1 aromatic heterocycles. The lowest BCUT2D eigenvalue weighted by atomic mass is 9.95. The Hall–Kier alpha value is -3.19. The van der Waals surface area contributed by atoms with Crippen molar-refractivity contribution in [1.29, 1.82) is 0 Å². The van der Waals surface area contributed by atoms with Crippen LogP contribution in [0.1, 0.15) is 24.4 Å². The third-order valence-electron chi connectivity index (χ3n) is 4.38. The number of allylic oxidation sites excluding steroid dienone is 1.